The van der Waals surface area contributed by atoms with Crippen LogP contribution >= 0.6 is 0 Å². The third-order valence-corrected chi connectivity index (χ3v) is 3.29. The van der Waals surface area contributed by atoms with Gasteiger partial charge in [-0.3, -0.25) is 0 Å². The summed E-state index contributed by atoms with van der Waals surface area (Å²) < 4.78 is 5.13. The summed E-state index contributed by atoms with van der Waals surface area (Å²) in [5, 5.41) is 3.13. The molecule has 96 valence electrons. The zero-order valence-corrected chi connectivity index (χ0v) is 10.9. The first-order chi connectivity index (χ1) is 8.74. The Morgan fingerprint density at radius 2 is 2.22 bits per heavy atom. The molecule has 0 saturated carbocycles. The number of nitrogens with one attached hydrogen (secondary N) is 1. The van der Waals surface area contributed by atoms with Crippen LogP contribution in [-0.4, -0.2) is 19.1 Å². The molecule has 1 unspecified atom stereocenters. The number of esters is 1. The van der Waals surface area contributed by atoms with E-state index in [0.717, 1.165) is 18.5 Å². The topological polar surface area (TPSA) is 38.3 Å². The molecule has 0 saturated heterocycles. The molecule has 0 radical (unpaired) electrons. The van der Waals surface area contributed by atoms with Crippen molar-refractivity contribution in [2.75, 3.05) is 13.2 Å². The first-order valence-electron chi connectivity index (χ1n) is 6.40. The van der Waals surface area contributed by atoms with E-state index in [-0.39, 0.29) is 11.9 Å². The average Bonchev–Trinajstić information content (AvgIpc) is 2.40. The number of carbonyl (C=O) groups is 1. The molecule has 0 spiro atoms. The van der Waals surface area contributed by atoms with Crippen LogP contribution in [0.5, 0.6) is 0 Å². The van der Waals surface area contributed by atoms with E-state index in [2.05, 4.69) is 24.4 Å². The third-order valence-electron chi connectivity index (χ3n) is 3.29. The Morgan fingerprint density at radius 1 is 1.44 bits per heavy atom. The van der Waals surface area contributed by atoms with E-state index in [4.69, 9.17) is 4.74 Å². The van der Waals surface area contributed by atoms with Crippen LogP contribution in [0.4, 0.5) is 0 Å². The van der Waals surface area contributed by atoms with E-state index in [1.165, 1.54) is 11.1 Å². The van der Waals surface area contributed by atoms with Gasteiger partial charge in [-0.1, -0.05) is 24.3 Å². The summed E-state index contributed by atoms with van der Waals surface area (Å²) in [6.07, 6.45) is 2.73. The number of aryl methyl sites for hydroxylation is 1. The van der Waals surface area contributed by atoms with Gasteiger partial charge in [-0.25, -0.2) is 4.79 Å². The summed E-state index contributed by atoms with van der Waals surface area (Å²) in [5.74, 6) is -0.0653. The van der Waals surface area contributed by atoms with Crippen LogP contribution in [0.15, 0.2) is 36.0 Å². The molecule has 1 aromatic carbocycles. The van der Waals surface area contributed by atoms with Crippen LogP contribution < -0.4 is 5.32 Å². The van der Waals surface area contributed by atoms with Crippen LogP contribution in [0.2, 0.25) is 0 Å². The average molecular weight is 245 g/mol. The zero-order valence-electron chi connectivity index (χ0n) is 10.9. The molecule has 1 aliphatic heterocycles. The van der Waals surface area contributed by atoms with Gasteiger partial charge in [0.1, 0.15) is 0 Å². The summed E-state index contributed by atoms with van der Waals surface area (Å²) in [6, 6.07) is 8.22. The van der Waals surface area contributed by atoms with E-state index in [0.29, 0.717) is 6.61 Å². The molecule has 3 heteroatoms. The van der Waals surface area contributed by atoms with Gasteiger partial charge in [0.25, 0.3) is 0 Å². The van der Waals surface area contributed by atoms with E-state index in [1.807, 2.05) is 19.1 Å². The van der Waals surface area contributed by atoms with Gasteiger partial charge < -0.3 is 10.1 Å². The fourth-order valence-corrected chi connectivity index (χ4v) is 2.38. The summed E-state index contributed by atoms with van der Waals surface area (Å²) in [6.45, 7) is 5.22. The Kier molecular flexibility index (Phi) is 4.03. The Morgan fingerprint density at radius 3 is 2.94 bits per heavy atom. The van der Waals surface area contributed by atoms with E-state index >= 15 is 0 Å². The Bertz CT molecular complexity index is 465. The molecule has 1 N–H and O–H groups in total. The van der Waals surface area contributed by atoms with E-state index < -0.39 is 0 Å². The van der Waals surface area contributed by atoms with Crippen LogP contribution in [0.3, 0.4) is 0 Å². The monoisotopic (exact) mass is 245 g/mol. The number of carbonyl (C=O) groups excluding carboxylic acids is 1. The number of rotatable bonds is 3. The molecule has 0 fully saturated rings. The van der Waals surface area contributed by atoms with Gasteiger partial charge in [-0.05, 0) is 31.4 Å². The van der Waals surface area contributed by atoms with Crippen LogP contribution in [0.1, 0.15) is 30.4 Å². The number of hydrogen-bond donors (Lipinski definition) is 1. The predicted octanol–water partition coefficient (Wildman–Crippen LogP) is 2.52. The van der Waals surface area contributed by atoms with Crippen LogP contribution in [0.25, 0.3) is 0 Å². The molecule has 1 heterocycles. The quantitative estimate of drug-likeness (QED) is 0.832. The normalized spacial score (nSPS) is 18.8. The van der Waals surface area contributed by atoms with Crippen molar-refractivity contribution in [3.8, 4) is 0 Å². The molecule has 0 bridgehead atoms. The fourth-order valence-electron chi connectivity index (χ4n) is 2.38. The van der Waals surface area contributed by atoms with Crippen molar-refractivity contribution >= 4 is 5.97 Å². The van der Waals surface area contributed by atoms with Crippen LogP contribution in [0, 0.1) is 6.92 Å². The predicted molar refractivity (Wildman–Crippen MR) is 71.3 cm³/mol. The lowest BCUT2D eigenvalue weighted by Gasteiger charge is -2.25. The van der Waals surface area contributed by atoms with E-state index in [9.17, 15) is 4.79 Å². The maximum atomic E-state index is 12.0. The second-order valence-electron chi connectivity index (χ2n) is 4.47. The van der Waals surface area contributed by atoms with Gasteiger partial charge in [0.15, 0.2) is 0 Å². The second-order valence-corrected chi connectivity index (χ2v) is 4.47. The SMILES string of the molecule is CCOC(=O)C1=CNCCC1c1ccccc1C. The highest BCUT2D eigenvalue weighted by molar-refractivity contribution is 5.90. The van der Waals surface area contributed by atoms with Gasteiger partial charge in [0.2, 0.25) is 0 Å². The Hall–Kier alpha value is -1.77. The van der Waals surface area contributed by atoms with Crippen molar-refractivity contribution in [2.45, 2.75) is 26.2 Å². The van der Waals surface area contributed by atoms with Gasteiger partial charge in [0.05, 0.1) is 12.2 Å². The molecule has 18 heavy (non-hydrogen) atoms. The molecule has 0 aliphatic carbocycles. The van der Waals surface area contributed by atoms with Crippen LogP contribution in [-0.2, 0) is 9.53 Å². The summed E-state index contributed by atoms with van der Waals surface area (Å²) >= 11 is 0. The van der Waals surface area contributed by atoms with Crippen molar-refractivity contribution in [3.05, 3.63) is 47.2 Å². The minimum absolute atomic E-state index is 0.145. The Labute approximate surface area is 108 Å². The smallest absolute Gasteiger partial charge is 0.336 e. The van der Waals surface area contributed by atoms with Gasteiger partial charge in [0, 0.05) is 18.7 Å². The van der Waals surface area contributed by atoms with Gasteiger partial charge >= 0.3 is 5.97 Å². The maximum absolute atomic E-state index is 12.0. The highest BCUT2D eigenvalue weighted by Gasteiger charge is 2.26. The molecule has 0 aromatic heterocycles. The van der Waals surface area contributed by atoms with Crippen molar-refractivity contribution in [2.24, 2.45) is 0 Å². The highest BCUT2D eigenvalue weighted by Crippen LogP contribution is 2.32. The van der Waals surface area contributed by atoms with Crippen molar-refractivity contribution in [1.82, 2.24) is 5.32 Å². The first-order valence-corrected chi connectivity index (χ1v) is 6.40. The molecular weight excluding hydrogens is 226 g/mol. The second kappa shape index (κ2) is 5.71. The first kappa shape index (κ1) is 12.7. The molecule has 2 rings (SSSR count). The molecule has 0 amide bonds. The maximum Gasteiger partial charge on any atom is 0.336 e. The lowest BCUT2D eigenvalue weighted by atomic mass is 9.84. The van der Waals surface area contributed by atoms with Gasteiger partial charge in [-0.15, -0.1) is 0 Å². The summed E-state index contributed by atoms with van der Waals surface area (Å²) in [5.41, 5.74) is 3.18. The van der Waals surface area contributed by atoms with Crippen molar-refractivity contribution < 1.29 is 9.53 Å². The standard InChI is InChI=1S/C15H19NO2/c1-3-18-15(17)14-10-16-9-8-13(14)12-7-5-4-6-11(12)2/h4-7,10,13,16H,3,8-9H2,1-2H3. The molecular formula is C15H19NO2. The Balaban J connectivity index is 2.31. The molecule has 1 aliphatic rings. The summed E-state index contributed by atoms with van der Waals surface area (Å²) in [4.78, 5) is 12.0. The number of hydrogen-bond acceptors (Lipinski definition) is 3. The van der Waals surface area contributed by atoms with Gasteiger partial charge in [-0.2, -0.15) is 0 Å². The van der Waals surface area contributed by atoms with Crippen molar-refractivity contribution in [3.63, 3.8) is 0 Å². The highest BCUT2D eigenvalue weighted by atomic mass is 16.5. The number of benzene rings is 1. The zero-order chi connectivity index (χ0) is 13.0. The molecule has 1 atom stereocenters. The van der Waals surface area contributed by atoms with Crippen molar-refractivity contribution in [1.29, 1.82) is 0 Å². The fraction of sp³-hybridized carbons (Fsp3) is 0.400. The molecule has 1 aromatic rings. The van der Waals surface area contributed by atoms with E-state index in [1.54, 1.807) is 6.20 Å². The minimum Gasteiger partial charge on any atom is -0.463 e. The summed E-state index contributed by atoms with van der Waals surface area (Å²) in [7, 11) is 0. The number of ether oxygens (including phenoxy) is 1. The minimum atomic E-state index is -0.210. The molecule has 3 nitrogen and oxygen atoms in total. The lowest BCUT2D eigenvalue weighted by Crippen LogP contribution is -2.26. The largest absolute Gasteiger partial charge is 0.463 e. The third kappa shape index (κ3) is 2.55. The lowest BCUT2D eigenvalue weighted by molar-refractivity contribution is -0.139.